The Bertz CT molecular complexity index is 866. The maximum absolute atomic E-state index is 14.0. The van der Waals surface area contributed by atoms with Crippen LogP contribution in [0.4, 0.5) is 0 Å². The van der Waals surface area contributed by atoms with Crippen molar-refractivity contribution in [1.29, 1.82) is 0 Å². The van der Waals surface area contributed by atoms with E-state index in [4.69, 9.17) is 9.47 Å². The van der Waals surface area contributed by atoms with Gasteiger partial charge in [0.15, 0.2) is 11.6 Å². The number of hydrogen-bond acceptors (Lipinski definition) is 6. The molecule has 0 aromatic carbocycles. The van der Waals surface area contributed by atoms with Crippen molar-refractivity contribution in [3.05, 3.63) is 12.2 Å². The molecule has 0 aromatic rings. The Kier molecular flexibility index (Phi) is 5.34. The lowest BCUT2D eigenvalue weighted by Crippen LogP contribution is -2.70. The van der Waals surface area contributed by atoms with Gasteiger partial charge in [-0.15, -0.1) is 0 Å². The Balaban J connectivity index is 1.97. The van der Waals surface area contributed by atoms with Gasteiger partial charge in [0.2, 0.25) is 0 Å². The maximum atomic E-state index is 14.0. The maximum Gasteiger partial charge on any atom is 0.302 e. The molecule has 7 atom stereocenters. The first-order chi connectivity index (χ1) is 14.7. The third kappa shape index (κ3) is 3.08. The van der Waals surface area contributed by atoms with Gasteiger partial charge in [-0.3, -0.25) is 14.4 Å². The third-order valence-corrected chi connectivity index (χ3v) is 9.34. The predicted octanol–water partition coefficient (Wildman–Crippen LogP) is 3.85. The van der Waals surface area contributed by atoms with Crippen LogP contribution >= 0.6 is 0 Å². The fourth-order valence-electron chi connectivity index (χ4n) is 8.30. The van der Waals surface area contributed by atoms with Gasteiger partial charge < -0.3 is 14.6 Å². The van der Waals surface area contributed by atoms with Crippen LogP contribution in [-0.4, -0.2) is 41.1 Å². The van der Waals surface area contributed by atoms with Gasteiger partial charge >= 0.3 is 5.97 Å². The summed E-state index contributed by atoms with van der Waals surface area (Å²) in [5, 5.41) is 10.6. The van der Waals surface area contributed by atoms with Gasteiger partial charge in [0.1, 0.15) is 5.78 Å². The largest absolute Gasteiger partial charge is 0.465 e. The summed E-state index contributed by atoms with van der Waals surface area (Å²) in [5.74, 6) is -2.78. The van der Waals surface area contributed by atoms with E-state index in [2.05, 4.69) is 20.4 Å². The summed E-state index contributed by atoms with van der Waals surface area (Å²) in [7, 11) is 0. The number of rotatable bonds is 4. The average molecular weight is 447 g/mol. The van der Waals surface area contributed by atoms with Crippen LogP contribution in [0.5, 0.6) is 0 Å². The summed E-state index contributed by atoms with van der Waals surface area (Å²) in [6.07, 6.45) is 2.86. The molecule has 1 N–H and O–H groups in total. The van der Waals surface area contributed by atoms with Gasteiger partial charge in [0.05, 0.1) is 18.1 Å². The van der Waals surface area contributed by atoms with Crippen LogP contribution in [0.1, 0.15) is 73.6 Å². The summed E-state index contributed by atoms with van der Waals surface area (Å²) in [5.41, 5.74) is -1.32. The van der Waals surface area contributed by atoms with E-state index in [0.29, 0.717) is 18.4 Å². The van der Waals surface area contributed by atoms with Crippen molar-refractivity contribution in [2.24, 2.45) is 39.9 Å². The summed E-state index contributed by atoms with van der Waals surface area (Å²) < 4.78 is 11.9. The van der Waals surface area contributed by atoms with E-state index in [1.165, 1.54) is 6.92 Å². The molecule has 32 heavy (non-hydrogen) atoms. The summed E-state index contributed by atoms with van der Waals surface area (Å²) in [4.78, 5) is 39.8. The van der Waals surface area contributed by atoms with Crippen molar-refractivity contribution < 1.29 is 29.0 Å². The molecular formula is C26H38O6. The van der Waals surface area contributed by atoms with Crippen LogP contribution < -0.4 is 0 Å². The Morgan fingerprint density at radius 2 is 1.91 bits per heavy atom. The molecule has 1 unspecified atom stereocenters. The van der Waals surface area contributed by atoms with Gasteiger partial charge in [0.25, 0.3) is 0 Å². The van der Waals surface area contributed by atoms with Crippen molar-refractivity contribution in [2.45, 2.75) is 85.5 Å². The molecule has 0 saturated heterocycles. The van der Waals surface area contributed by atoms with Crippen LogP contribution in [0.15, 0.2) is 12.2 Å². The number of hydrogen-bond donors (Lipinski definition) is 1. The van der Waals surface area contributed by atoms with E-state index in [1.807, 2.05) is 6.92 Å². The SMILES string of the molecule is C=C1C(=O)[C@]23C(C)[C@H]1CC(=O)[C@H]2[C@]1(COC(C)=O)CCCC(C)(C)[C@H]1C[C@H]3OC(C)(C)O. The van der Waals surface area contributed by atoms with Crippen molar-refractivity contribution in [3.8, 4) is 0 Å². The first-order valence-corrected chi connectivity index (χ1v) is 12.0. The zero-order valence-electron chi connectivity index (χ0n) is 20.3. The minimum Gasteiger partial charge on any atom is -0.465 e. The average Bonchev–Trinajstić information content (AvgIpc) is 2.77. The topological polar surface area (TPSA) is 89.9 Å². The Morgan fingerprint density at radius 3 is 2.50 bits per heavy atom. The lowest BCUT2D eigenvalue weighted by atomic mass is 9.38. The van der Waals surface area contributed by atoms with Crippen molar-refractivity contribution in [2.75, 3.05) is 6.61 Å². The molecule has 0 heterocycles. The van der Waals surface area contributed by atoms with Crippen LogP contribution in [0.2, 0.25) is 0 Å². The summed E-state index contributed by atoms with van der Waals surface area (Å²) >= 11 is 0. The zero-order chi connectivity index (χ0) is 23.9. The molecule has 4 aliphatic carbocycles. The molecule has 4 aliphatic rings. The minimum atomic E-state index is -1.45. The van der Waals surface area contributed by atoms with Gasteiger partial charge in [0, 0.05) is 24.7 Å². The quantitative estimate of drug-likeness (QED) is 0.401. The summed E-state index contributed by atoms with van der Waals surface area (Å²) in [6.45, 7) is 15.2. The number of fused-ring (bicyclic) bond motifs is 3. The number of ether oxygens (including phenoxy) is 2. The standard InChI is InChI=1S/C26H38O6/c1-14-17-11-18(28)21-25(13-31-16(3)27)10-8-9-23(4,5)19(25)12-20(32-24(6,7)30)26(21,15(17)2)22(14)29/h15,17,19-21,30H,1,8-13H2,2-7H3/t15?,17-,19+,20+,21-,25-,26-/m0/s1. The number of aliphatic hydroxyl groups is 1. The number of ketones is 2. The molecule has 4 saturated carbocycles. The highest BCUT2D eigenvalue weighted by molar-refractivity contribution is 6.09. The van der Waals surface area contributed by atoms with Gasteiger partial charge in [-0.05, 0) is 61.9 Å². The van der Waals surface area contributed by atoms with Crippen molar-refractivity contribution in [1.82, 2.24) is 0 Å². The second-order valence-corrected chi connectivity index (χ2v) is 12.0. The van der Waals surface area contributed by atoms with E-state index in [1.54, 1.807) is 13.8 Å². The molecule has 2 bridgehead atoms. The van der Waals surface area contributed by atoms with E-state index in [-0.39, 0.29) is 47.3 Å². The lowest BCUT2D eigenvalue weighted by Gasteiger charge is -2.66. The van der Waals surface area contributed by atoms with Crippen LogP contribution in [-0.2, 0) is 23.9 Å². The molecule has 4 rings (SSSR count). The van der Waals surface area contributed by atoms with E-state index in [9.17, 15) is 19.5 Å². The molecule has 4 fully saturated rings. The number of carbonyl (C=O) groups excluding carboxylic acids is 3. The van der Waals surface area contributed by atoms with E-state index in [0.717, 1.165) is 19.3 Å². The fourth-order valence-corrected chi connectivity index (χ4v) is 8.30. The molecule has 0 amide bonds. The van der Waals surface area contributed by atoms with Crippen LogP contribution in [0.3, 0.4) is 0 Å². The molecule has 0 aliphatic heterocycles. The second kappa shape index (κ2) is 7.23. The third-order valence-electron chi connectivity index (χ3n) is 9.34. The van der Waals surface area contributed by atoms with Crippen LogP contribution in [0.25, 0.3) is 0 Å². The lowest BCUT2D eigenvalue weighted by molar-refractivity contribution is -0.285. The fraction of sp³-hybridized carbons (Fsp3) is 0.808. The van der Waals surface area contributed by atoms with E-state index >= 15 is 0 Å². The van der Waals surface area contributed by atoms with E-state index < -0.39 is 28.6 Å². The second-order valence-electron chi connectivity index (χ2n) is 12.0. The number of allylic oxidation sites excluding steroid dienone is 1. The highest BCUT2D eigenvalue weighted by Crippen LogP contribution is 2.72. The minimum absolute atomic E-state index is 0.0143. The molecule has 0 aromatic heterocycles. The number of carbonyl (C=O) groups is 3. The first kappa shape index (κ1) is 23.6. The predicted molar refractivity (Wildman–Crippen MR) is 118 cm³/mol. The Hall–Kier alpha value is -1.53. The summed E-state index contributed by atoms with van der Waals surface area (Å²) in [6, 6.07) is 0. The molecule has 6 heteroatoms. The number of esters is 1. The molecule has 1 spiro atoms. The molecule has 0 radical (unpaired) electrons. The van der Waals surface area contributed by atoms with Gasteiger partial charge in [-0.1, -0.05) is 33.8 Å². The number of Topliss-reactive ketones (excluding diaryl/α,β-unsaturated/α-hetero) is 2. The Morgan fingerprint density at radius 1 is 1.25 bits per heavy atom. The zero-order valence-corrected chi connectivity index (χ0v) is 20.3. The highest BCUT2D eigenvalue weighted by atomic mass is 16.6. The first-order valence-electron chi connectivity index (χ1n) is 12.0. The van der Waals surface area contributed by atoms with Crippen LogP contribution in [0, 0.1) is 39.9 Å². The van der Waals surface area contributed by atoms with Crippen molar-refractivity contribution in [3.63, 3.8) is 0 Å². The monoisotopic (exact) mass is 446 g/mol. The van der Waals surface area contributed by atoms with Crippen molar-refractivity contribution >= 4 is 17.5 Å². The van der Waals surface area contributed by atoms with Gasteiger partial charge in [-0.2, -0.15) is 0 Å². The highest BCUT2D eigenvalue weighted by Gasteiger charge is 2.77. The normalized spacial score (nSPS) is 43.0. The Labute approximate surface area is 191 Å². The molecule has 6 nitrogen and oxygen atoms in total. The molecule has 178 valence electrons. The smallest absolute Gasteiger partial charge is 0.302 e. The molecular weight excluding hydrogens is 408 g/mol. The van der Waals surface area contributed by atoms with Gasteiger partial charge in [-0.25, -0.2) is 0 Å².